The van der Waals surface area contributed by atoms with Crippen LogP contribution in [0.15, 0.2) is 47.4 Å². The number of benzene rings is 2. The molecular weight excluding hydrogens is 433 g/mol. The normalized spacial score (nSPS) is 10.8. The molecule has 0 aliphatic carbocycles. The summed E-state index contributed by atoms with van der Waals surface area (Å²) in [5.74, 6) is -0.315. The van der Waals surface area contributed by atoms with E-state index in [1.54, 1.807) is 18.3 Å². The number of thiazole rings is 1. The topological polar surface area (TPSA) is 72.1 Å². The minimum Gasteiger partial charge on any atom is -0.871 e. The first kappa shape index (κ1) is 22.5. The van der Waals surface area contributed by atoms with E-state index in [9.17, 15) is 9.90 Å². The van der Waals surface area contributed by atoms with Crippen molar-refractivity contribution < 1.29 is 56.5 Å². The number of pyridine rings is 1. The van der Waals surface area contributed by atoms with Gasteiger partial charge in [0, 0.05) is 37.1 Å². The van der Waals surface area contributed by atoms with Gasteiger partial charge in [-0.2, -0.15) is 0 Å². The molecule has 0 amide bonds. The van der Waals surface area contributed by atoms with Crippen LogP contribution in [-0.2, 0) is 0 Å². The molecule has 8 heteroatoms. The first-order chi connectivity index (χ1) is 13.3. The maximum Gasteiger partial charge on any atom is 1.00 e. The Morgan fingerprint density at radius 1 is 1.17 bits per heavy atom. The first-order valence-corrected chi connectivity index (χ1v) is 9.81. The molecule has 0 aliphatic heterocycles. The number of fused-ring (bicyclic) bond motifs is 1. The van der Waals surface area contributed by atoms with E-state index in [0.29, 0.717) is 20.8 Å². The molecule has 142 valence electrons. The average Bonchev–Trinajstić information content (AvgIpc) is 3.07. The van der Waals surface area contributed by atoms with E-state index in [4.69, 9.17) is 11.6 Å². The molecule has 0 atom stereocenters. The van der Waals surface area contributed by atoms with Crippen molar-refractivity contribution in [2.24, 2.45) is 0 Å². The van der Waals surface area contributed by atoms with Gasteiger partial charge >= 0.3 is 51.4 Å². The van der Waals surface area contributed by atoms with Gasteiger partial charge in [-0.3, -0.25) is 4.79 Å². The molecule has 1 N–H and O–H groups in total. The number of rotatable bonds is 3. The molecular formula is C21H17ClKN3O2S. The summed E-state index contributed by atoms with van der Waals surface area (Å²) in [6.45, 7) is 1.84. The Bertz CT molecular complexity index is 1250. The van der Waals surface area contributed by atoms with Crippen LogP contribution in [0.3, 0.4) is 0 Å². The Balaban J connectivity index is 0.00000240. The van der Waals surface area contributed by atoms with Crippen LogP contribution in [0.2, 0.25) is 5.02 Å². The molecule has 2 heterocycles. The zero-order chi connectivity index (χ0) is 20.0. The Kier molecular flexibility index (Phi) is 6.90. The number of nitrogens with zero attached hydrogens (tertiary/aromatic N) is 2. The standard InChI is InChI=1S/C21H18ClN3O2S.K/c1-11-23-10-18(28-11)19-20(26)15-8-14(16(22)9-17(15)24-21(19)27)12-4-6-13(7-5-12)25(2)3;/h4-10H,1-3H3,(H2,24,26,27);/q;+1/p-1. The second-order valence-electron chi connectivity index (χ2n) is 6.72. The van der Waals surface area contributed by atoms with Gasteiger partial charge in [-0.1, -0.05) is 29.5 Å². The van der Waals surface area contributed by atoms with Crippen molar-refractivity contribution in [1.82, 2.24) is 9.97 Å². The van der Waals surface area contributed by atoms with Gasteiger partial charge in [0.15, 0.2) is 0 Å². The third-order valence-corrected chi connectivity index (χ3v) is 5.86. The fraction of sp³-hybridized carbons (Fsp3) is 0.143. The summed E-state index contributed by atoms with van der Waals surface area (Å²) in [4.78, 5) is 22.0. The van der Waals surface area contributed by atoms with Crippen LogP contribution in [0, 0.1) is 6.92 Å². The summed E-state index contributed by atoms with van der Waals surface area (Å²) in [5.41, 5.74) is 2.83. The molecule has 5 nitrogen and oxygen atoms in total. The zero-order valence-corrected chi connectivity index (χ0v) is 21.2. The van der Waals surface area contributed by atoms with E-state index in [2.05, 4.69) is 9.97 Å². The smallest absolute Gasteiger partial charge is 0.871 e. The Labute approximate surface area is 219 Å². The molecule has 0 fully saturated rings. The molecule has 0 saturated heterocycles. The second kappa shape index (κ2) is 8.89. The molecule has 4 rings (SSSR count). The van der Waals surface area contributed by atoms with Crippen LogP contribution in [0.25, 0.3) is 32.5 Å². The van der Waals surface area contributed by atoms with E-state index in [1.165, 1.54) is 11.3 Å². The van der Waals surface area contributed by atoms with Crippen LogP contribution in [0.5, 0.6) is 5.75 Å². The van der Waals surface area contributed by atoms with Crippen LogP contribution in [0.4, 0.5) is 5.69 Å². The molecule has 0 aliphatic rings. The average molecular weight is 450 g/mol. The minimum absolute atomic E-state index is 0. The largest absolute Gasteiger partial charge is 1.00 e. The van der Waals surface area contributed by atoms with Gasteiger partial charge in [0.25, 0.3) is 5.56 Å². The molecule has 0 unspecified atom stereocenters. The van der Waals surface area contributed by atoms with E-state index in [-0.39, 0.29) is 62.7 Å². The summed E-state index contributed by atoms with van der Waals surface area (Å²) in [5, 5.41) is 14.8. The number of aromatic nitrogens is 2. The zero-order valence-electron chi connectivity index (χ0n) is 16.5. The van der Waals surface area contributed by atoms with Crippen molar-refractivity contribution in [2.45, 2.75) is 6.92 Å². The summed E-state index contributed by atoms with van der Waals surface area (Å²) >= 11 is 7.79. The fourth-order valence-electron chi connectivity index (χ4n) is 3.15. The molecule has 4 aromatic rings. The number of aryl methyl sites for hydroxylation is 1. The number of halogens is 1. The predicted molar refractivity (Wildman–Crippen MR) is 115 cm³/mol. The third-order valence-electron chi connectivity index (χ3n) is 4.62. The van der Waals surface area contributed by atoms with Gasteiger partial charge in [0.05, 0.1) is 20.5 Å². The second-order valence-corrected chi connectivity index (χ2v) is 8.36. The van der Waals surface area contributed by atoms with Crippen molar-refractivity contribution in [1.29, 1.82) is 0 Å². The Hall–Kier alpha value is -1.19. The summed E-state index contributed by atoms with van der Waals surface area (Å²) in [7, 11) is 3.95. The number of H-pyrrole nitrogens is 1. The van der Waals surface area contributed by atoms with Crippen LogP contribution in [-0.4, -0.2) is 24.1 Å². The molecule has 0 radical (unpaired) electrons. The van der Waals surface area contributed by atoms with Gasteiger partial charge in [-0.15, -0.1) is 11.3 Å². The van der Waals surface area contributed by atoms with Gasteiger partial charge in [-0.25, -0.2) is 4.98 Å². The molecule has 2 aromatic carbocycles. The van der Waals surface area contributed by atoms with Crippen LogP contribution in [0.1, 0.15) is 5.01 Å². The monoisotopic (exact) mass is 449 g/mol. The molecule has 0 spiro atoms. The number of aromatic amines is 1. The van der Waals surface area contributed by atoms with Crippen molar-refractivity contribution in [3.05, 3.63) is 63.0 Å². The quantitative estimate of drug-likeness (QED) is 0.480. The summed E-state index contributed by atoms with van der Waals surface area (Å²) in [6.07, 6.45) is 1.56. The van der Waals surface area contributed by atoms with E-state index in [1.807, 2.05) is 50.2 Å². The molecule has 0 saturated carbocycles. The summed E-state index contributed by atoms with van der Waals surface area (Å²) < 4.78 is 0. The Morgan fingerprint density at radius 3 is 2.45 bits per heavy atom. The first-order valence-electron chi connectivity index (χ1n) is 8.62. The Morgan fingerprint density at radius 2 is 1.86 bits per heavy atom. The van der Waals surface area contributed by atoms with Crippen molar-refractivity contribution >= 4 is 39.5 Å². The van der Waals surface area contributed by atoms with Gasteiger partial charge in [-0.05, 0) is 42.1 Å². The maximum atomic E-state index is 13.1. The number of nitrogens with one attached hydrogen (secondary N) is 1. The number of anilines is 1. The van der Waals surface area contributed by atoms with Crippen molar-refractivity contribution in [3.8, 4) is 27.3 Å². The van der Waals surface area contributed by atoms with Crippen LogP contribution < -0.4 is 67.0 Å². The molecule has 0 bridgehead atoms. The maximum absolute atomic E-state index is 13.1. The van der Waals surface area contributed by atoms with Crippen LogP contribution >= 0.6 is 22.9 Å². The summed E-state index contributed by atoms with van der Waals surface area (Å²) in [6, 6.07) is 11.3. The fourth-order valence-corrected chi connectivity index (χ4v) is 4.24. The van der Waals surface area contributed by atoms with Crippen molar-refractivity contribution in [3.63, 3.8) is 0 Å². The third kappa shape index (κ3) is 4.32. The number of hydrogen-bond donors (Lipinski definition) is 1. The van der Waals surface area contributed by atoms with E-state index < -0.39 is 5.56 Å². The molecule has 29 heavy (non-hydrogen) atoms. The van der Waals surface area contributed by atoms with Gasteiger partial charge in [0.2, 0.25) is 0 Å². The van der Waals surface area contributed by atoms with Crippen molar-refractivity contribution in [2.75, 3.05) is 19.0 Å². The molecule has 2 aromatic heterocycles. The van der Waals surface area contributed by atoms with Gasteiger partial charge in [0.1, 0.15) is 0 Å². The number of hydrogen-bond acceptors (Lipinski definition) is 5. The van der Waals surface area contributed by atoms with E-state index >= 15 is 0 Å². The SMILES string of the molecule is Cc1ncc(-c2c([O-])c3cc(-c4ccc(N(C)C)cc4)c(Cl)cc3[nH]c2=O)s1.[K+]. The van der Waals surface area contributed by atoms with E-state index in [0.717, 1.165) is 21.8 Å². The predicted octanol–water partition coefficient (Wildman–Crippen LogP) is 1.42. The minimum atomic E-state index is -0.430. The van der Waals surface area contributed by atoms with Gasteiger partial charge < -0.3 is 15.0 Å².